The summed E-state index contributed by atoms with van der Waals surface area (Å²) in [5.41, 5.74) is 0.624. The van der Waals surface area contributed by atoms with E-state index in [1.807, 2.05) is 0 Å². The van der Waals surface area contributed by atoms with E-state index >= 15 is 0 Å². The average Bonchev–Trinajstić information content (AvgIpc) is 2.78. The molecule has 0 unspecified atom stereocenters. The summed E-state index contributed by atoms with van der Waals surface area (Å²) in [6.07, 6.45) is 0. The molecule has 1 amide bonds. The number of carbonyl (C=O) groups is 2. The molecule has 32 heavy (non-hydrogen) atoms. The van der Waals surface area contributed by atoms with E-state index < -0.39 is 16.6 Å². The first kappa shape index (κ1) is 23.6. The van der Waals surface area contributed by atoms with Crippen LogP contribution >= 0.6 is 0 Å². The molecule has 11 heteroatoms. The summed E-state index contributed by atoms with van der Waals surface area (Å²) in [5.74, 6) is -0.738. The van der Waals surface area contributed by atoms with Crippen LogP contribution in [-0.4, -0.2) is 69.2 Å². The van der Waals surface area contributed by atoms with Crippen LogP contribution in [-0.2, 0) is 10.0 Å². The number of ketones is 1. The Bertz CT molecular complexity index is 1100. The van der Waals surface area contributed by atoms with Gasteiger partial charge < -0.3 is 14.4 Å². The number of ether oxygens (including phenoxy) is 2. The van der Waals surface area contributed by atoms with Gasteiger partial charge in [0, 0.05) is 37.3 Å². The number of halogens is 2. The van der Waals surface area contributed by atoms with Gasteiger partial charge in [0.2, 0.25) is 10.0 Å². The highest BCUT2D eigenvalue weighted by Crippen LogP contribution is 2.30. The predicted octanol–water partition coefficient (Wildman–Crippen LogP) is 2.65. The molecule has 3 rings (SSSR count). The van der Waals surface area contributed by atoms with Crippen molar-refractivity contribution in [3.05, 3.63) is 53.6 Å². The third kappa shape index (κ3) is 5.05. The lowest BCUT2D eigenvalue weighted by atomic mass is 10.1. The summed E-state index contributed by atoms with van der Waals surface area (Å²) >= 11 is 0. The molecule has 0 radical (unpaired) electrons. The average molecular weight is 468 g/mol. The summed E-state index contributed by atoms with van der Waals surface area (Å²) in [4.78, 5) is 25.7. The molecule has 0 aliphatic carbocycles. The monoisotopic (exact) mass is 468 g/mol. The van der Waals surface area contributed by atoms with Gasteiger partial charge in [0.1, 0.15) is 0 Å². The number of hydrogen-bond donors (Lipinski definition) is 0. The van der Waals surface area contributed by atoms with Gasteiger partial charge in [0.15, 0.2) is 17.3 Å². The molecule has 1 aliphatic rings. The van der Waals surface area contributed by atoms with Gasteiger partial charge >= 0.3 is 6.61 Å². The smallest absolute Gasteiger partial charge is 0.387 e. The molecule has 0 saturated carbocycles. The molecule has 2 aromatic carbocycles. The van der Waals surface area contributed by atoms with Crippen molar-refractivity contribution in [2.45, 2.75) is 18.4 Å². The predicted molar refractivity (Wildman–Crippen MR) is 111 cm³/mol. The number of amides is 1. The maximum Gasteiger partial charge on any atom is 0.387 e. The lowest BCUT2D eigenvalue weighted by Crippen LogP contribution is -2.50. The van der Waals surface area contributed by atoms with E-state index in [1.165, 1.54) is 65.7 Å². The Morgan fingerprint density at radius 3 is 2.06 bits per heavy atom. The minimum atomic E-state index is -3.77. The maximum absolute atomic E-state index is 12.9. The fraction of sp³-hybridized carbons (Fsp3) is 0.333. The van der Waals surface area contributed by atoms with Crippen LogP contribution in [0.4, 0.5) is 8.78 Å². The lowest BCUT2D eigenvalue weighted by molar-refractivity contribution is -0.0512. The Morgan fingerprint density at radius 2 is 1.53 bits per heavy atom. The normalized spacial score (nSPS) is 15.0. The molecule has 0 N–H and O–H groups in total. The fourth-order valence-corrected chi connectivity index (χ4v) is 4.74. The molecule has 0 aromatic heterocycles. The highest BCUT2D eigenvalue weighted by molar-refractivity contribution is 7.89. The molecular weight excluding hydrogens is 446 g/mol. The number of nitrogens with zero attached hydrogens (tertiary/aromatic N) is 2. The topological polar surface area (TPSA) is 93.2 Å². The van der Waals surface area contributed by atoms with E-state index in [1.54, 1.807) is 0 Å². The van der Waals surface area contributed by atoms with E-state index in [9.17, 15) is 26.8 Å². The van der Waals surface area contributed by atoms with Crippen LogP contribution in [0, 0.1) is 0 Å². The van der Waals surface area contributed by atoms with Gasteiger partial charge in [0.25, 0.3) is 5.91 Å². The molecular formula is C21H22F2N2O6S. The molecule has 172 valence electrons. The molecule has 1 heterocycles. The second kappa shape index (κ2) is 9.61. The minimum Gasteiger partial charge on any atom is -0.493 e. The zero-order valence-electron chi connectivity index (χ0n) is 17.5. The number of rotatable bonds is 7. The molecule has 0 spiro atoms. The molecule has 8 nitrogen and oxygen atoms in total. The number of methoxy groups -OCH3 is 1. The highest BCUT2D eigenvalue weighted by atomic mass is 32.2. The second-order valence-corrected chi connectivity index (χ2v) is 8.96. The summed E-state index contributed by atoms with van der Waals surface area (Å²) in [6, 6.07) is 9.58. The van der Waals surface area contributed by atoms with Crippen molar-refractivity contribution in [1.29, 1.82) is 0 Å². The SMILES string of the molecule is COc1cc(C(=O)N2CCN(S(=O)(=O)c3ccc(C(C)=O)cc3)CC2)ccc1OC(F)F. The van der Waals surface area contributed by atoms with Crippen molar-refractivity contribution in [2.24, 2.45) is 0 Å². The third-order valence-corrected chi connectivity index (χ3v) is 6.96. The van der Waals surface area contributed by atoms with E-state index in [0.29, 0.717) is 5.56 Å². The van der Waals surface area contributed by atoms with Crippen molar-refractivity contribution < 1.29 is 36.3 Å². The van der Waals surface area contributed by atoms with Gasteiger partial charge in [0.05, 0.1) is 12.0 Å². The molecule has 0 bridgehead atoms. The maximum atomic E-state index is 12.9. The fourth-order valence-electron chi connectivity index (χ4n) is 3.32. The standard InChI is InChI=1S/C21H22F2N2O6S/c1-14(26)15-3-6-17(7-4-15)32(28,29)25-11-9-24(10-12-25)20(27)16-5-8-18(31-21(22)23)19(13-16)30-2/h3-8,13,21H,9-12H2,1-2H3. The number of benzene rings is 2. The molecule has 1 fully saturated rings. The van der Waals surface area contributed by atoms with Crippen LogP contribution in [0.15, 0.2) is 47.4 Å². The lowest BCUT2D eigenvalue weighted by Gasteiger charge is -2.34. The Hall–Kier alpha value is -3.05. The second-order valence-electron chi connectivity index (χ2n) is 7.02. The van der Waals surface area contributed by atoms with Crippen molar-refractivity contribution in [3.63, 3.8) is 0 Å². The Morgan fingerprint density at radius 1 is 0.938 bits per heavy atom. The number of alkyl halides is 2. The zero-order valence-corrected chi connectivity index (χ0v) is 18.3. The first-order valence-electron chi connectivity index (χ1n) is 9.66. The number of carbonyl (C=O) groups excluding carboxylic acids is 2. The van der Waals surface area contributed by atoms with Gasteiger partial charge in [-0.05, 0) is 37.3 Å². The van der Waals surface area contributed by atoms with Crippen LogP contribution in [0.1, 0.15) is 27.6 Å². The van der Waals surface area contributed by atoms with Gasteiger partial charge in [-0.25, -0.2) is 8.42 Å². The van der Waals surface area contributed by atoms with Crippen molar-refractivity contribution in [2.75, 3.05) is 33.3 Å². The van der Waals surface area contributed by atoms with Crippen molar-refractivity contribution >= 4 is 21.7 Å². The number of Topliss-reactive ketones (excluding diaryl/α,β-unsaturated/α-hetero) is 1. The third-order valence-electron chi connectivity index (χ3n) is 5.05. The van der Waals surface area contributed by atoms with Crippen LogP contribution in [0.5, 0.6) is 11.5 Å². The van der Waals surface area contributed by atoms with Crippen LogP contribution < -0.4 is 9.47 Å². The van der Waals surface area contributed by atoms with Gasteiger partial charge in [-0.2, -0.15) is 13.1 Å². The first-order chi connectivity index (χ1) is 15.1. The molecule has 1 aliphatic heterocycles. The largest absolute Gasteiger partial charge is 0.493 e. The van der Waals surface area contributed by atoms with Gasteiger partial charge in [-0.3, -0.25) is 9.59 Å². The summed E-state index contributed by atoms with van der Waals surface area (Å²) in [6.45, 7) is -1.14. The quantitative estimate of drug-likeness (QED) is 0.580. The van der Waals surface area contributed by atoms with Gasteiger partial charge in [-0.15, -0.1) is 0 Å². The minimum absolute atomic E-state index is 0.00799. The Kier molecular flexibility index (Phi) is 7.09. The Labute approximate surface area is 184 Å². The van der Waals surface area contributed by atoms with E-state index in [-0.39, 0.29) is 59.8 Å². The van der Waals surface area contributed by atoms with Crippen molar-refractivity contribution in [3.8, 4) is 11.5 Å². The van der Waals surface area contributed by atoms with E-state index in [2.05, 4.69) is 4.74 Å². The van der Waals surface area contributed by atoms with Crippen LogP contribution in [0.25, 0.3) is 0 Å². The molecule has 1 saturated heterocycles. The first-order valence-corrected chi connectivity index (χ1v) is 11.1. The highest BCUT2D eigenvalue weighted by Gasteiger charge is 2.31. The van der Waals surface area contributed by atoms with Gasteiger partial charge in [-0.1, -0.05) is 12.1 Å². The summed E-state index contributed by atoms with van der Waals surface area (Å²) < 4.78 is 61.3. The summed E-state index contributed by atoms with van der Waals surface area (Å²) in [7, 11) is -2.50. The summed E-state index contributed by atoms with van der Waals surface area (Å²) in [5, 5.41) is 0. The molecule has 0 atom stereocenters. The number of sulfonamides is 1. The number of hydrogen-bond acceptors (Lipinski definition) is 6. The number of piperazine rings is 1. The Balaban J connectivity index is 1.68. The van der Waals surface area contributed by atoms with Crippen molar-refractivity contribution in [1.82, 2.24) is 9.21 Å². The van der Waals surface area contributed by atoms with Crippen LogP contribution in [0.3, 0.4) is 0 Å². The van der Waals surface area contributed by atoms with Crippen LogP contribution in [0.2, 0.25) is 0 Å². The van der Waals surface area contributed by atoms with E-state index in [0.717, 1.165) is 0 Å². The molecule has 2 aromatic rings. The zero-order chi connectivity index (χ0) is 23.5. The van der Waals surface area contributed by atoms with E-state index in [4.69, 9.17) is 4.74 Å².